The fourth-order valence-corrected chi connectivity index (χ4v) is 2.26. The molecule has 2 N–H and O–H groups in total. The number of hydrogen-bond acceptors (Lipinski definition) is 3. The Kier molecular flexibility index (Phi) is 5.45. The second-order valence-electron chi connectivity index (χ2n) is 4.46. The SMILES string of the molecule is CN(CC1CCCCC1)C(CO)CO. The Morgan fingerprint density at radius 1 is 1.14 bits per heavy atom. The average Bonchev–Trinajstić information content (AvgIpc) is 2.21. The molecule has 0 spiro atoms. The lowest BCUT2D eigenvalue weighted by Crippen LogP contribution is -2.40. The van der Waals surface area contributed by atoms with Crippen LogP contribution >= 0.6 is 0 Å². The molecule has 3 heteroatoms. The highest BCUT2D eigenvalue weighted by molar-refractivity contribution is 4.73. The van der Waals surface area contributed by atoms with Crippen molar-refractivity contribution < 1.29 is 10.2 Å². The molecule has 0 unspecified atom stereocenters. The lowest BCUT2D eigenvalue weighted by atomic mass is 9.89. The molecule has 0 heterocycles. The Labute approximate surface area is 86.7 Å². The van der Waals surface area contributed by atoms with Crippen LogP contribution in [0.3, 0.4) is 0 Å². The van der Waals surface area contributed by atoms with Gasteiger partial charge in [0.1, 0.15) is 0 Å². The van der Waals surface area contributed by atoms with Crippen molar-refractivity contribution in [1.29, 1.82) is 0 Å². The molecule has 1 fully saturated rings. The second-order valence-corrected chi connectivity index (χ2v) is 4.46. The van der Waals surface area contributed by atoms with Crippen molar-refractivity contribution in [3.63, 3.8) is 0 Å². The molecular weight excluding hydrogens is 178 g/mol. The Hall–Kier alpha value is -0.120. The van der Waals surface area contributed by atoms with Crippen LogP contribution in [0.4, 0.5) is 0 Å². The van der Waals surface area contributed by atoms with Crippen LogP contribution in [0.25, 0.3) is 0 Å². The molecule has 14 heavy (non-hydrogen) atoms. The van der Waals surface area contributed by atoms with Crippen LogP contribution in [-0.4, -0.2) is 48.0 Å². The Morgan fingerprint density at radius 2 is 1.71 bits per heavy atom. The van der Waals surface area contributed by atoms with Gasteiger partial charge in [0.25, 0.3) is 0 Å². The lowest BCUT2D eigenvalue weighted by Gasteiger charge is -2.30. The minimum atomic E-state index is -0.0723. The molecule has 0 aliphatic heterocycles. The van der Waals surface area contributed by atoms with Crippen molar-refractivity contribution in [3.05, 3.63) is 0 Å². The molecule has 0 atom stereocenters. The summed E-state index contributed by atoms with van der Waals surface area (Å²) in [5.74, 6) is 0.773. The van der Waals surface area contributed by atoms with Gasteiger partial charge in [-0.1, -0.05) is 19.3 Å². The van der Waals surface area contributed by atoms with E-state index >= 15 is 0 Å². The zero-order valence-electron chi connectivity index (χ0n) is 9.15. The summed E-state index contributed by atoms with van der Waals surface area (Å²) < 4.78 is 0. The first-order valence-electron chi connectivity index (χ1n) is 5.70. The number of nitrogens with zero attached hydrogens (tertiary/aromatic N) is 1. The molecule has 0 aromatic carbocycles. The Balaban J connectivity index is 2.26. The van der Waals surface area contributed by atoms with Crippen LogP contribution in [0.2, 0.25) is 0 Å². The topological polar surface area (TPSA) is 43.7 Å². The molecule has 3 nitrogen and oxygen atoms in total. The van der Waals surface area contributed by atoms with Gasteiger partial charge in [0, 0.05) is 6.54 Å². The molecule has 1 aliphatic rings. The summed E-state index contributed by atoms with van der Waals surface area (Å²) in [5, 5.41) is 18.0. The summed E-state index contributed by atoms with van der Waals surface area (Å²) in [6.07, 6.45) is 6.70. The highest BCUT2D eigenvalue weighted by atomic mass is 16.3. The highest BCUT2D eigenvalue weighted by Crippen LogP contribution is 2.24. The third-order valence-electron chi connectivity index (χ3n) is 3.32. The predicted octanol–water partition coefficient (Wildman–Crippen LogP) is 0.852. The summed E-state index contributed by atoms with van der Waals surface area (Å²) in [4.78, 5) is 2.09. The van der Waals surface area contributed by atoms with Gasteiger partial charge in [-0.15, -0.1) is 0 Å². The van der Waals surface area contributed by atoms with E-state index in [9.17, 15) is 0 Å². The summed E-state index contributed by atoms with van der Waals surface area (Å²) in [6.45, 7) is 1.13. The van der Waals surface area contributed by atoms with Gasteiger partial charge in [0.05, 0.1) is 19.3 Å². The molecule has 0 aromatic heterocycles. The third kappa shape index (κ3) is 3.56. The monoisotopic (exact) mass is 201 g/mol. The first-order valence-corrected chi connectivity index (χ1v) is 5.70. The first-order chi connectivity index (χ1) is 6.77. The van der Waals surface area contributed by atoms with Gasteiger partial charge in [-0.2, -0.15) is 0 Å². The largest absolute Gasteiger partial charge is 0.395 e. The van der Waals surface area contributed by atoms with E-state index < -0.39 is 0 Å². The standard InChI is InChI=1S/C11H23NO2/c1-12(11(8-13)9-14)7-10-5-3-2-4-6-10/h10-11,13-14H,2-9H2,1H3. The smallest absolute Gasteiger partial charge is 0.0609 e. The maximum atomic E-state index is 9.02. The summed E-state index contributed by atoms with van der Waals surface area (Å²) >= 11 is 0. The van der Waals surface area contributed by atoms with E-state index in [1.165, 1.54) is 32.1 Å². The molecule has 1 rings (SSSR count). The number of aliphatic hydroxyl groups is 2. The maximum Gasteiger partial charge on any atom is 0.0609 e. The predicted molar refractivity (Wildman–Crippen MR) is 57.2 cm³/mol. The van der Waals surface area contributed by atoms with Crippen LogP contribution in [0, 0.1) is 5.92 Å². The van der Waals surface area contributed by atoms with Crippen molar-refractivity contribution in [1.82, 2.24) is 4.90 Å². The second kappa shape index (κ2) is 6.38. The van der Waals surface area contributed by atoms with E-state index in [1.54, 1.807) is 0 Å². The van der Waals surface area contributed by atoms with Crippen LogP contribution < -0.4 is 0 Å². The minimum absolute atomic E-state index is 0.0553. The van der Waals surface area contributed by atoms with E-state index in [4.69, 9.17) is 10.2 Å². The number of aliphatic hydroxyl groups excluding tert-OH is 2. The van der Waals surface area contributed by atoms with Gasteiger partial charge in [0.15, 0.2) is 0 Å². The molecule has 0 amide bonds. The van der Waals surface area contributed by atoms with E-state index in [0.717, 1.165) is 12.5 Å². The van der Waals surface area contributed by atoms with Gasteiger partial charge in [0.2, 0.25) is 0 Å². The molecule has 0 aromatic rings. The van der Waals surface area contributed by atoms with Crippen LogP contribution in [0.1, 0.15) is 32.1 Å². The van der Waals surface area contributed by atoms with Crippen molar-refractivity contribution >= 4 is 0 Å². The molecule has 0 saturated heterocycles. The van der Waals surface area contributed by atoms with Crippen molar-refractivity contribution in [2.45, 2.75) is 38.1 Å². The lowest BCUT2D eigenvalue weighted by molar-refractivity contribution is 0.0762. The average molecular weight is 201 g/mol. The maximum absolute atomic E-state index is 9.02. The zero-order chi connectivity index (χ0) is 10.4. The fraction of sp³-hybridized carbons (Fsp3) is 1.00. The van der Waals surface area contributed by atoms with Crippen molar-refractivity contribution in [2.75, 3.05) is 26.8 Å². The zero-order valence-corrected chi connectivity index (χ0v) is 9.15. The number of likely N-dealkylation sites (N-methyl/N-ethyl adjacent to an activating group) is 1. The van der Waals surface area contributed by atoms with Crippen molar-refractivity contribution in [2.24, 2.45) is 5.92 Å². The third-order valence-corrected chi connectivity index (χ3v) is 3.32. The van der Waals surface area contributed by atoms with Crippen LogP contribution in [0.5, 0.6) is 0 Å². The van der Waals surface area contributed by atoms with Gasteiger partial charge in [-0.05, 0) is 25.8 Å². The highest BCUT2D eigenvalue weighted by Gasteiger charge is 2.19. The number of hydrogen-bond donors (Lipinski definition) is 2. The molecule has 84 valence electrons. The van der Waals surface area contributed by atoms with E-state index in [2.05, 4.69) is 4.90 Å². The van der Waals surface area contributed by atoms with E-state index in [0.29, 0.717) is 0 Å². The molecular formula is C11H23NO2. The first kappa shape index (κ1) is 12.0. The summed E-state index contributed by atoms with van der Waals surface area (Å²) in [7, 11) is 1.99. The molecule has 0 bridgehead atoms. The fourth-order valence-electron chi connectivity index (χ4n) is 2.26. The summed E-state index contributed by atoms with van der Waals surface area (Å²) in [5.41, 5.74) is 0. The summed E-state index contributed by atoms with van der Waals surface area (Å²) in [6, 6.07) is -0.0723. The van der Waals surface area contributed by atoms with E-state index in [-0.39, 0.29) is 19.3 Å². The Bertz CT molecular complexity index is 142. The quantitative estimate of drug-likeness (QED) is 0.693. The molecule has 0 radical (unpaired) electrons. The van der Waals surface area contributed by atoms with Gasteiger partial charge in [-0.25, -0.2) is 0 Å². The van der Waals surface area contributed by atoms with E-state index in [1.807, 2.05) is 7.05 Å². The van der Waals surface area contributed by atoms with Gasteiger partial charge >= 0.3 is 0 Å². The molecule has 1 aliphatic carbocycles. The van der Waals surface area contributed by atoms with Crippen LogP contribution in [0.15, 0.2) is 0 Å². The van der Waals surface area contributed by atoms with Gasteiger partial charge in [-0.3, -0.25) is 4.90 Å². The van der Waals surface area contributed by atoms with Gasteiger partial charge < -0.3 is 10.2 Å². The van der Waals surface area contributed by atoms with Crippen LogP contribution in [-0.2, 0) is 0 Å². The van der Waals surface area contributed by atoms with Crippen molar-refractivity contribution in [3.8, 4) is 0 Å². The Morgan fingerprint density at radius 3 is 2.21 bits per heavy atom. The normalized spacial score (nSPS) is 19.5. The minimum Gasteiger partial charge on any atom is -0.395 e. The molecule has 1 saturated carbocycles. The number of rotatable bonds is 5.